The molecular formula is C20H24ClN3O3S. The lowest BCUT2D eigenvalue weighted by molar-refractivity contribution is -0.123. The lowest BCUT2D eigenvalue weighted by atomic mass is 10.0. The van der Waals surface area contributed by atoms with E-state index in [2.05, 4.69) is 15.2 Å². The van der Waals surface area contributed by atoms with Crippen molar-refractivity contribution >= 4 is 33.7 Å². The Hall–Kier alpha value is -2.22. The van der Waals surface area contributed by atoms with Crippen LogP contribution < -0.4 is 10.1 Å². The molecule has 28 heavy (non-hydrogen) atoms. The molecular weight excluding hydrogens is 398 g/mol. The number of benzene rings is 2. The second-order valence-electron chi connectivity index (χ2n) is 6.87. The van der Waals surface area contributed by atoms with E-state index in [4.69, 9.17) is 11.6 Å². The third kappa shape index (κ3) is 6.44. The van der Waals surface area contributed by atoms with Crippen molar-refractivity contribution in [3.8, 4) is 0 Å². The van der Waals surface area contributed by atoms with Crippen molar-refractivity contribution in [3.05, 3.63) is 64.7 Å². The zero-order chi connectivity index (χ0) is 20.7. The van der Waals surface area contributed by atoms with Crippen LogP contribution in [0, 0.1) is 12.8 Å². The van der Waals surface area contributed by atoms with E-state index in [1.165, 1.54) is 18.3 Å². The number of hydrazone groups is 1. The van der Waals surface area contributed by atoms with Gasteiger partial charge in [0.2, 0.25) is 10.0 Å². The van der Waals surface area contributed by atoms with Crippen molar-refractivity contribution in [2.24, 2.45) is 11.0 Å². The first-order valence-corrected chi connectivity index (χ1v) is 10.7. The second-order valence-corrected chi connectivity index (χ2v) is 8.99. The number of halogens is 1. The summed E-state index contributed by atoms with van der Waals surface area (Å²) >= 11 is 6.04. The number of carbonyl (C=O) groups excluding carboxylic acids is 1. The van der Waals surface area contributed by atoms with E-state index in [9.17, 15) is 13.2 Å². The van der Waals surface area contributed by atoms with Gasteiger partial charge in [0.1, 0.15) is 6.04 Å². The van der Waals surface area contributed by atoms with E-state index >= 15 is 0 Å². The monoisotopic (exact) mass is 421 g/mol. The van der Waals surface area contributed by atoms with Crippen molar-refractivity contribution in [2.75, 3.05) is 0 Å². The highest BCUT2D eigenvalue weighted by molar-refractivity contribution is 7.89. The Morgan fingerprint density at radius 1 is 1.14 bits per heavy atom. The Morgan fingerprint density at radius 2 is 1.79 bits per heavy atom. The van der Waals surface area contributed by atoms with Crippen LogP contribution in [0.3, 0.4) is 0 Å². The maximum absolute atomic E-state index is 12.6. The number of sulfonamides is 1. The van der Waals surface area contributed by atoms with Crippen LogP contribution in [-0.2, 0) is 14.8 Å². The van der Waals surface area contributed by atoms with Gasteiger partial charge in [-0.05, 0) is 37.5 Å². The second kappa shape index (κ2) is 9.82. The average Bonchev–Trinajstić information content (AvgIpc) is 2.62. The number of aryl methyl sites for hydroxylation is 1. The highest BCUT2D eigenvalue weighted by Gasteiger charge is 2.26. The van der Waals surface area contributed by atoms with Crippen LogP contribution >= 0.6 is 11.6 Å². The summed E-state index contributed by atoms with van der Waals surface area (Å²) in [6.45, 7) is 5.69. The van der Waals surface area contributed by atoms with Gasteiger partial charge in [-0.25, -0.2) is 13.8 Å². The molecule has 0 radical (unpaired) electrons. The topological polar surface area (TPSA) is 87.6 Å². The quantitative estimate of drug-likeness (QED) is 0.505. The molecule has 0 heterocycles. The standard InChI is InChI=1S/C20H24ClN3O3S/c1-14(2)12-19(24-28(26,27)17-10-8-15(3)9-11-17)20(25)23-22-13-16-6-4-5-7-18(16)21/h4-11,13-14,19,24H,12H2,1-3H3,(H,23,25)/b22-13-/t19-/m1/s1. The highest BCUT2D eigenvalue weighted by atomic mass is 35.5. The number of hydrogen-bond acceptors (Lipinski definition) is 4. The summed E-state index contributed by atoms with van der Waals surface area (Å²) in [4.78, 5) is 12.6. The van der Waals surface area contributed by atoms with Crippen molar-refractivity contribution in [1.82, 2.24) is 10.1 Å². The Labute approximate surface area is 171 Å². The van der Waals surface area contributed by atoms with Crippen LogP contribution in [0.25, 0.3) is 0 Å². The highest BCUT2D eigenvalue weighted by Crippen LogP contribution is 2.14. The Balaban J connectivity index is 2.12. The Kier molecular flexibility index (Phi) is 7.74. The first kappa shape index (κ1) is 22.1. The predicted molar refractivity (Wildman–Crippen MR) is 112 cm³/mol. The fraction of sp³-hybridized carbons (Fsp3) is 0.300. The maximum atomic E-state index is 12.6. The predicted octanol–water partition coefficient (Wildman–Crippen LogP) is 3.49. The zero-order valence-electron chi connectivity index (χ0n) is 16.0. The van der Waals surface area contributed by atoms with Crippen molar-refractivity contribution in [1.29, 1.82) is 0 Å². The summed E-state index contributed by atoms with van der Waals surface area (Å²) in [6.07, 6.45) is 1.75. The minimum absolute atomic E-state index is 0.101. The molecule has 0 aliphatic carbocycles. The van der Waals surface area contributed by atoms with Gasteiger partial charge in [-0.3, -0.25) is 4.79 Å². The third-order valence-electron chi connectivity index (χ3n) is 3.94. The minimum Gasteiger partial charge on any atom is -0.271 e. The molecule has 0 saturated heterocycles. The SMILES string of the molecule is Cc1ccc(S(=O)(=O)N[C@H](CC(C)C)C(=O)N/N=C\c2ccccc2Cl)cc1. The first-order valence-electron chi connectivity index (χ1n) is 8.85. The van der Waals surface area contributed by atoms with Crippen molar-refractivity contribution in [3.63, 3.8) is 0 Å². The third-order valence-corrected chi connectivity index (χ3v) is 5.77. The number of hydrogen-bond donors (Lipinski definition) is 2. The molecule has 6 nitrogen and oxygen atoms in total. The molecule has 0 aliphatic rings. The fourth-order valence-corrected chi connectivity index (χ4v) is 3.87. The molecule has 150 valence electrons. The molecule has 0 unspecified atom stereocenters. The lowest BCUT2D eigenvalue weighted by Crippen LogP contribution is -2.46. The molecule has 8 heteroatoms. The average molecular weight is 422 g/mol. The molecule has 2 aromatic rings. The van der Waals surface area contributed by atoms with Gasteiger partial charge < -0.3 is 0 Å². The van der Waals surface area contributed by atoms with Gasteiger partial charge in [-0.2, -0.15) is 9.82 Å². The van der Waals surface area contributed by atoms with Gasteiger partial charge in [-0.15, -0.1) is 0 Å². The number of nitrogens with zero attached hydrogens (tertiary/aromatic N) is 1. The number of nitrogens with one attached hydrogen (secondary N) is 2. The van der Waals surface area contributed by atoms with Gasteiger partial charge >= 0.3 is 0 Å². The summed E-state index contributed by atoms with van der Waals surface area (Å²) in [6, 6.07) is 12.5. The van der Waals surface area contributed by atoms with Gasteiger partial charge in [-0.1, -0.05) is 61.3 Å². The van der Waals surface area contributed by atoms with E-state index in [1.54, 1.807) is 36.4 Å². The largest absolute Gasteiger partial charge is 0.271 e. The molecule has 1 amide bonds. The molecule has 0 spiro atoms. The van der Waals surface area contributed by atoms with Crippen LogP contribution in [-0.4, -0.2) is 26.6 Å². The van der Waals surface area contributed by atoms with Gasteiger partial charge in [0.15, 0.2) is 0 Å². The smallest absolute Gasteiger partial charge is 0.258 e. The van der Waals surface area contributed by atoms with Crippen LogP contribution in [0.5, 0.6) is 0 Å². The van der Waals surface area contributed by atoms with Crippen molar-refractivity contribution in [2.45, 2.75) is 38.1 Å². The molecule has 0 aromatic heterocycles. The molecule has 2 rings (SSSR count). The zero-order valence-corrected chi connectivity index (χ0v) is 17.6. The lowest BCUT2D eigenvalue weighted by Gasteiger charge is -2.19. The molecule has 0 bridgehead atoms. The van der Waals surface area contributed by atoms with E-state index in [-0.39, 0.29) is 10.8 Å². The number of carbonyl (C=O) groups is 1. The maximum Gasteiger partial charge on any atom is 0.258 e. The first-order chi connectivity index (χ1) is 13.2. The summed E-state index contributed by atoms with van der Waals surface area (Å²) in [5.41, 5.74) is 3.98. The fourth-order valence-electron chi connectivity index (χ4n) is 2.48. The van der Waals surface area contributed by atoms with Crippen molar-refractivity contribution < 1.29 is 13.2 Å². The van der Waals surface area contributed by atoms with Crippen LogP contribution in [0.15, 0.2) is 58.5 Å². The van der Waals surface area contributed by atoms with Crippen LogP contribution in [0.1, 0.15) is 31.4 Å². The van der Waals surface area contributed by atoms with E-state index in [0.717, 1.165) is 5.56 Å². The molecule has 0 fully saturated rings. The Bertz CT molecular complexity index is 941. The summed E-state index contributed by atoms with van der Waals surface area (Å²) < 4.78 is 27.7. The van der Waals surface area contributed by atoms with E-state index < -0.39 is 22.0 Å². The summed E-state index contributed by atoms with van der Waals surface area (Å²) in [7, 11) is -3.83. The summed E-state index contributed by atoms with van der Waals surface area (Å²) in [5, 5.41) is 4.40. The summed E-state index contributed by atoms with van der Waals surface area (Å²) in [5.74, 6) is -0.434. The molecule has 1 atom stereocenters. The number of amides is 1. The van der Waals surface area contributed by atoms with E-state index in [1.807, 2.05) is 20.8 Å². The molecule has 0 saturated carbocycles. The van der Waals surface area contributed by atoms with Crippen LogP contribution in [0.2, 0.25) is 5.02 Å². The van der Waals surface area contributed by atoms with Gasteiger partial charge in [0, 0.05) is 10.6 Å². The Morgan fingerprint density at radius 3 is 2.39 bits per heavy atom. The van der Waals surface area contributed by atoms with Crippen LogP contribution in [0.4, 0.5) is 0 Å². The molecule has 2 N–H and O–H groups in total. The minimum atomic E-state index is -3.83. The van der Waals surface area contributed by atoms with Gasteiger partial charge in [0.05, 0.1) is 11.1 Å². The normalized spacial score (nSPS) is 13.0. The van der Waals surface area contributed by atoms with E-state index in [0.29, 0.717) is 17.0 Å². The molecule has 0 aliphatic heterocycles. The van der Waals surface area contributed by atoms with Gasteiger partial charge in [0.25, 0.3) is 5.91 Å². The molecule has 2 aromatic carbocycles. The number of rotatable bonds is 8.